The third-order valence-corrected chi connectivity index (χ3v) is 1.61. The van der Waals surface area contributed by atoms with Crippen LogP contribution in [0.25, 0.3) is 5.65 Å². The second kappa shape index (κ2) is 1.84. The van der Waals surface area contributed by atoms with Crippen LogP contribution in [0.1, 0.15) is 5.56 Å². The molecule has 2 nitrogen and oxygen atoms in total. The van der Waals surface area contributed by atoms with Crippen molar-refractivity contribution in [2.75, 3.05) is 0 Å². The molecule has 2 rings (SSSR count). The predicted octanol–water partition coefficient (Wildman–Crippen LogP) is 1.06. The smallest absolute Gasteiger partial charge is 0.243 e. The molecule has 0 radical (unpaired) electrons. The number of H-pyrrole nitrogens is 1. The van der Waals surface area contributed by atoms with Gasteiger partial charge in [0.05, 0.1) is 6.20 Å². The molecule has 0 aromatic carbocycles. The third-order valence-electron chi connectivity index (χ3n) is 1.61. The van der Waals surface area contributed by atoms with Crippen LogP contribution in [0.15, 0.2) is 30.7 Å². The predicted molar refractivity (Wildman–Crippen MR) is 38.7 cm³/mol. The van der Waals surface area contributed by atoms with E-state index in [-0.39, 0.29) is 0 Å². The number of imidazole rings is 1. The van der Waals surface area contributed by atoms with Crippen LogP contribution >= 0.6 is 0 Å². The number of nitrogens with one attached hydrogen (secondary N) is 1. The van der Waals surface area contributed by atoms with Crippen LogP contribution in [-0.2, 0) is 0 Å². The first kappa shape index (κ1) is 5.47. The summed E-state index contributed by atoms with van der Waals surface area (Å²) >= 11 is 0. The molecule has 0 aliphatic heterocycles. The van der Waals surface area contributed by atoms with Crippen molar-refractivity contribution in [2.24, 2.45) is 0 Å². The van der Waals surface area contributed by atoms with Crippen LogP contribution in [0.3, 0.4) is 0 Å². The highest BCUT2D eigenvalue weighted by Crippen LogP contribution is 1.96. The normalized spacial score (nSPS) is 10.5. The van der Waals surface area contributed by atoms with Crippen LogP contribution in [0.5, 0.6) is 0 Å². The van der Waals surface area contributed by atoms with Gasteiger partial charge in [0.2, 0.25) is 0 Å². The molecular weight excluding hydrogens is 124 g/mol. The number of hydrogen-bond donors (Lipinski definition) is 1. The second-order valence-electron chi connectivity index (χ2n) is 2.46. The van der Waals surface area contributed by atoms with Gasteiger partial charge in [-0.1, -0.05) is 0 Å². The minimum atomic E-state index is 1.14. The summed E-state index contributed by atoms with van der Waals surface area (Å²) in [6, 6.07) is 4.20. The summed E-state index contributed by atoms with van der Waals surface area (Å²) < 4.78 is 2.05. The summed E-state index contributed by atoms with van der Waals surface area (Å²) in [4.78, 5) is 3.12. The van der Waals surface area contributed by atoms with Gasteiger partial charge in [-0.25, -0.2) is 9.38 Å². The van der Waals surface area contributed by atoms with Crippen molar-refractivity contribution in [1.29, 1.82) is 0 Å². The molecule has 0 amide bonds. The van der Waals surface area contributed by atoms with E-state index in [1.165, 1.54) is 5.56 Å². The number of aryl methyl sites for hydroxylation is 1. The van der Waals surface area contributed by atoms with E-state index in [0.29, 0.717) is 0 Å². The molecule has 10 heavy (non-hydrogen) atoms. The fraction of sp³-hybridized carbons (Fsp3) is 0.125. The maximum absolute atomic E-state index is 3.12. The Hall–Kier alpha value is -1.31. The first-order valence-electron chi connectivity index (χ1n) is 3.31. The Bertz CT molecular complexity index is 349. The van der Waals surface area contributed by atoms with Gasteiger partial charge in [-0.05, 0) is 18.6 Å². The van der Waals surface area contributed by atoms with E-state index in [2.05, 4.69) is 24.0 Å². The first-order chi connectivity index (χ1) is 4.86. The van der Waals surface area contributed by atoms with Crippen LogP contribution in [0, 0.1) is 6.92 Å². The Kier molecular flexibility index (Phi) is 1.01. The van der Waals surface area contributed by atoms with Crippen molar-refractivity contribution in [2.45, 2.75) is 6.92 Å². The monoisotopic (exact) mass is 133 g/mol. The lowest BCUT2D eigenvalue weighted by Gasteiger charge is -1.86. The molecule has 0 unspecified atom stereocenters. The Balaban J connectivity index is 2.86. The van der Waals surface area contributed by atoms with Crippen LogP contribution in [0.2, 0.25) is 0 Å². The molecule has 0 saturated carbocycles. The van der Waals surface area contributed by atoms with Crippen molar-refractivity contribution >= 4 is 5.65 Å². The molecule has 0 aliphatic carbocycles. The van der Waals surface area contributed by atoms with Crippen molar-refractivity contribution in [3.8, 4) is 0 Å². The van der Waals surface area contributed by atoms with E-state index in [0.717, 1.165) is 5.65 Å². The fourth-order valence-corrected chi connectivity index (χ4v) is 1.07. The molecule has 2 heterocycles. The Labute approximate surface area is 59.1 Å². The average molecular weight is 133 g/mol. The molecule has 0 bridgehead atoms. The van der Waals surface area contributed by atoms with E-state index in [1.54, 1.807) is 0 Å². The van der Waals surface area contributed by atoms with E-state index >= 15 is 0 Å². The number of pyridine rings is 1. The van der Waals surface area contributed by atoms with Gasteiger partial charge in [0.15, 0.2) is 0 Å². The van der Waals surface area contributed by atoms with Crippen molar-refractivity contribution in [3.05, 3.63) is 36.3 Å². The number of fused-ring (bicyclic) bond motifs is 1. The molecule has 0 atom stereocenters. The number of aromatic amines is 1. The summed E-state index contributed by atoms with van der Waals surface area (Å²) in [5, 5.41) is 0. The van der Waals surface area contributed by atoms with E-state index in [4.69, 9.17) is 0 Å². The van der Waals surface area contributed by atoms with Gasteiger partial charge in [-0.3, -0.25) is 0 Å². The van der Waals surface area contributed by atoms with Crippen molar-refractivity contribution in [3.63, 3.8) is 0 Å². The van der Waals surface area contributed by atoms with Gasteiger partial charge in [-0.15, -0.1) is 0 Å². The SMILES string of the molecule is Cc1cc[n+]2cc[nH]c2c1. The lowest BCUT2D eigenvalue weighted by atomic mass is 10.3. The van der Waals surface area contributed by atoms with Crippen LogP contribution in [-0.4, -0.2) is 4.98 Å². The number of nitrogens with zero attached hydrogens (tertiary/aromatic N) is 1. The zero-order chi connectivity index (χ0) is 6.97. The summed E-state index contributed by atoms with van der Waals surface area (Å²) in [7, 11) is 0. The molecule has 0 fully saturated rings. The third kappa shape index (κ3) is 0.692. The number of hydrogen-bond acceptors (Lipinski definition) is 0. The molecule has 0 spiro atoms. The zero-order valence-electron chi connectivity index (χ0n) is 5.83. The number of aromatic nitrogens is 2. The highest BCUT2D eigenvalue weighted by Gasteiger charge is 1.97. The number of rotatable bonds is 0. The van der Waals surface area contributed by atoms with Crippen molar-refractivity contribution < 1.29 is 4.40 Å². The standard InChI is InChI=1S/C8H8N2/c1-7-2-4-10-5-3-9-8(10)6-7/h2-6H,1H3/p+1. The second-order valence-corrected chi connectivity index (χ2v) is 2.46. The Morgan fingerprint density at radius 2 is 2.30 bits per heavy atom. The van der Waals surface area contributed by atoms with Gasteiger partial charge < -0.3 is 0 Å². The highest BCUT2D eigenvalue weighted by atomic mass is 15.0. The topological polar surface area (TPSA) is 19.9 Å². The Morgan fingerprint density at radius 3 is 3.20 bits per heavy atom. The molecule has 0 aliphatic rings. The van der Waals surface area contributed by atoms with E-state index in [1.807, 2.05) is 23.0 Å². The Morgan fingerprint density at radius 1 is 1.40 bits per heavy atom. The molecule has 2 aromatic heterocycles. The van der Waals surface area contributed by atoms with Gasteiger partial charge in [-0.2, -0.15) is 0 Å². The summed E-state index contributed by atoms with van der Waals surface area (Å²) in [6.07, 6.45) is 5.96. The van der Waals surface area contributed by atoms with Crippen LogP contribution < -0.4 is 4.40 Å². The van der Waals surface area contributed by atoms with Gasteiger partial charge >= 0.3 is 0 Å². The summed E-state index contributed by atoms with van der Waals surface area (Å²) in [5.41, 5.74) is 2.42. The highest BCUT2D eigenvalue weighted by molar-refractivity contribution is 5.31. The molecule has 2 heteroatoms. The maximum atomic E-state index is 3.12. The van der Waals surface area contributed by atoms with Gasteiger partial charge in [0.25, 0.3) is 5.65 Å². The minimum absolute atomic E-state index is 1.14. The van der Waals surface area contributed by atoms with E-state index in [9.17, 15) is 0 Å². The molecule has 50 valence electrons. The largest absolute Gasteiger partial charge is 0.284 e. The lowest BCUT2D eigenvalue weighted by Crippen LogP contribution is -2.16. The molecule has 1 N–H and O–H groups in total. The van der Waals surface area contributed by atoms with Crippen molar-refractivity contribution in [1.82, 2.24) is 4.98 Å². The lowest BCUT2D eigenvalue weighted by molar-refractivity contribution is -0.510. The van der Waals surface area contributed by atoms with E-state index < -0.39 is 0 Å². The summed E-state index contributed by atoms with van der Waals surface area (Å²) in [5.74, 6) is 0. The molecule has 2 aromatic rings. The zero-order valence-corrected chi connectivity index (χ0v) is 5.83. The maximum Gasteiger partial charge on any atom is 0.284 e. The fourth-order valence-electron chi connectivity index (χ4n) is 1.07. The molecular formula is C8H9N2+. The molecule has 0 saturated heterocycles. The van der Waals surface area contributed by atoms with Gasteiger partial charge in [0.1, 0.15) is 12.4 Å². The average Bonchev–Trinajstić information content (AvgIpc) is 2.33. The first-order valence-corrected chi connectivity index (χ1v) is 3.31. The van der Waals surface area contributed by atoms with Crippen LogP contribution in [0.4, 0.5) is 0 Å². The quantitative estimate of drug-likeness (QED) is 0.518. The summed E-state index contributed by atoms with van der Waals surface area (Å²) in [6.45, 7) is 2.08. The minimum Gasteiger partial charge on any atom is -0.243 e. The van der Waals surface area contributed by atoms with Gasteiger partial charge in [0, 0.05) is 6.07 Å².